The van der Waals surface area contributed by atoms with Crippen LogP contribution >= 0.6 is 0 Å². The largest absolute Gasteiger partial charge is 0.476 e. The summed E-state index contributed by atoms with van der Waals surface area (Å²) < 4.78 is 1.56. The van der Waals surface area contributed by atoms with Crippen LogP contribution in [-0.2, 0) is 0 Å². The van der Waals surface area contributed by atoms with Crippen LogP contribution in [0, 0.1) is 0 Å². The van der Waals surface area contributed by atoms with Gasteiger partial charge in [-0.1, -0.05) is 0 Å². The van der Waals surface area contributed by atoms with E-state index in [9.17, 15) is 4.79 Å². The van der Waals surface area contributed by atoms with Gasteiger partial charge in [-0.05, 0) is 6.92 Å². The van der Waals surface area contributed by atoms with Gasteiger partial charge in [0, 0.05) is 6.20 Å². The van der Waals surface area contributed by atoms with Crippen LogP contribution in [0.4, 0.5) is 0 Å². The van der Waals surface area contributed by atoms with Crippen molar-refractivity contribution >= 4 is 5.97 Å². The fraction of sp³-hybridized carbons (Fsp3) is 0.429. The van der Waals surface area contributed by atoms with Gasteiger partial charge >= 0.3 is 5.97 Å². The third-order valence-electron chi connectivity index (χ3n) is 1.59. The number of aliphatic hydroxyl groups is 1. The minimum Gasteiger partial charge on any atom is -0.476 e. The Kier molecular flexibility index (Phi) is 2.44. The van der Waals surface area contributed by atoms with Crippen LogP contribution < -0.4 is 0 Å². The van der Waals surface area contributed by atoms with Gasteiger partial charge in [-0.15, -0.1) is 0 Å². The van der Waals surface area contributed by atoms with Crippen LogP contribution in [0.2, 0.25) is 0 Å². The molecule has 0 aliphatic rings. The number of aliphatic hydroxyl groups excluding tert-OH is 1. The molecule has 0 bridgehead atoms. The fourth-order valence-electron chi connectivity index (χ4n) is 0.783. The lowest BCUT2D eigenvalue weighted by molar-refractivity contribution is 0.0691. The summed E-state index contributed by atoms with van der Waals surface area (Å²) in [5.74, 6) is -1.06. The van der Waals surface area contributed by atoms with Crippen molar-refractivity contribution < 1.29 is 15.0 Å². The Bertz CT molecular complexity index is 282. The van der Waals surface area contributed by atoms with Gasteiger partial charge in [-0.25, -0.2) is 9.78 Å². The standard InChI is InChI=1S/C7H10N2O3/c1-5(3-10)9-2-6(7(11)12)8-4-9/h2,4-5,10H,3H2,1H3,(H,11,12)/t5-/m0/s1. The number of carboxylic acids is 1. The maximum atomic E-state index is 10.4. The topological polar surface area (TPSA) is 75.3 Å². The van der Waals surface area contributed by atoms with Crippen LogP contribution in [0.5, 0.6) is 0 Å². The normalized spacial score (nSPS) is 12.8. The third-order valence-corrected chi connectivity index (χ3v) is 1.59. The predicted molar refractivity (Wildman–Crippen MR) is 41.0 cm³/mol. The van der Waals surface area contributed by atoms with Crippen LogP contribution in [0.1, 0.15) is 23.5 Å². The Morgan fingerprint density at radius 1 is 1.83 bits per heavy atom. The van der Waals surface area contributed by atoms with Crippen molar-refractivity contribution in [3.63, 3.8) is 0 Å². The zero-order valence-electron chi connectivity index (χ0n) is 6.64. The number of hydrogen-bond donors (Lipinski definition) is 2. The van der Waals surface area contributed by atoms with Crippen molar-refractivity contribution in [3.05, 3.63) is 18.2 Å². The van der Waals surface area contributed by atoms with E-state index >= 15 is 0 Å². The first-order valence-electron chi connectivity index (χ1n) is 3.52. The number of hydrogen-bond acceptors (Lipinski definition) is 3. The molecule has 0 aliphatic heterocycles. The van der Waals surface area contributed by atoms with Crippen molar-refractivity contribution in [3.8, 4) is 0 Å². The van der Waals surface area contributed by atoms with Crippen LogP contribution in [-0.4, -0.2) is 32.3 Å². The number of nitrogens with zero attached hydrogens (tertiary/aromatic N) is 2. The molecule has 1 heterocycles. The Balaban J connectivity index is 2.84. The Labute approximate surface area is 69.3 Å². The molecule has 0 amide bonds. The Morgan fingerprint density at radius 3 is 2.92 bits per heavy atom. The van der Waals surface area contributed by atoms with Crippen molar-refractivity contribution in [2.75, 3.05) is 6.61 Å². The van der Waals surface area contributed by atoms with E-state index in [1.54, 1.807) is 11.5 Å². The van der Waals surface area contributed by atoms with E-state index in [-0.39, 0.29) is 18.3 Å². The number of carbonyl (C=O) groups is 1. The summed E-state index contributed by atoms with van der Waals surface area (Å²) in [4.78, 5) is 14.0. The first kappa shape index (κ1) is 8.73. The summed E-state index contributed by atoms with van der Waals surface area (Å²) in [6.45, 7) is 1.74. The molecule has 0 spiro atoms. The highest BCUT2D eigenvalue weighted by molar-refractivity contribution is 5.84. The molecule has 0 saturated carbocycles. The summed E-state index contributed by atoms with van der Waals surface area (Å²) in [6.07, 6.45) is 2.79. The first-order valence-corrected chi connectivity index (χ1v) is 3.52. The summed E-state index contributed by atoms with van der Waals surface area (Å²) in [5, 5.41) is 17.3. The lowest BCUT2D eigenvalue weighted by Gasteiger charge is -2.07. The molecule has 5 heteroatoms. The molecule has 0 aromatic carbocycles. The SMILES string of the molecule is C[C@@H](CO)n1cnc(C(=O)O)c1. The molecule has 0 radical (unpaired) electrons. The molecule has 0 aliphatic carbocycles. The van der Waals surface area contributed by atoms with Gasteiger partial charge in [0.1, 0.15) is 0 Å². The van der Waals surface area contributed by atoms with Gasteiger partial charge in [0.05, 0.1) is 19.0 Å². The van der Waals surface area contributed by atoms with E-state index in [0.717, 1.165) is 0 Å². The second kappa shape index (κ2) is 3.36. The van der Waals surface area contributed by atoms with E-state index in [0.29, 0.717) is 0 Å². The lowest BCUT2D eigenvalue weighted by Crippen LogP contribution is -2.06. The van der Waals surface area contributed by atoms with E-state index in [4.69, 9.17) is 10.2 Å². The highest BCUT2D eigenvalue weighted by Crippen LogP contribution is 2.05. The predicted octanol–water partition coefficient (Wildman–Crippen LogP) is 0.135. The molecule has 66 valence electrons. The maximum absolute atomic E-state index is 10.4. The van der Waals surface area contributed by atoms with Crippen LogP contribution in [0.15, 0.2) is 12.5 Å². The molecule has 1 aromatic heterocycles. The molecule has 0 saturated heterocycles. The van der Waals surface area contributed by atoms with Crippen molar-refractivity contribution in [2.45, 2.75) is 13.0 Å². The second-order valence-electron chi connectivity index (χ2n) is 2.54. The summed E-state index contributed by atoms with van der Waals surface area (Å²) in [6, 6.07) is -0.134. The van der Waals surface area contributed by atoms with Gasteiger partial charge < -0.3 is 14.8 Å². The quantitative estimate of drug-likeness (QED) is 0.676. The van der Waals surface area contributed by atoms with Gasteiger partial charge in [0.2, 0.25) is 0 Å². The van der Waals surface area contributed by atoms with Gasteiger partial charge in [0.15, 0.2) is 5.69 Å². The minimum absolute atomic E-state index is 0.00435. The van der Waals surface area contributed by atoms with Crippen molar-refractivity contribution in [1.29, 1.82) is 0 Å². The van der Waals surface area contributed by atoms with E-state index in [2.05, 4.69) is 4.98 Å². The average molecular weight is 170 g/mol. The molecular weight excluding hydrogens is 160 g/mol. The molecule has 0 unspecified atom stereocenters. The zero-order valence-corrected chi connectivity index (χ0v) is 6.64. The molecule has 2 N–H and O–H groups in total. The number of rotatable bonds is 3. The molecule has 1 atom stereocenters. The molecule has 1 rings (SSSR count). The van der Waals surface area contributed by atoms with Crippen molar-refractivity contribution in [2.24, 2.45) is 0 Å². The van der Waals surface area contributed by atoms with Gasteiger partial charge in [-0.3, -0.25) is 0 Å². The zero-order chi connectivity index (χ0) is 9.14. The number of imidazole rings is 1. The Morgan fingerprint density at radius 2 is 2.50 bits per heavy atom. The summed E-state index contributed by atoms with van der Waals surface area (Å²) in [5.41, 5.74) is -0.00435. The second-order valence-corrected chi connectivity index (χ2v) is 2.54. The number of carboxylic acid groups (broad SMARTS) is 1. The molecule has 0 fully saturated rings. The van der Waals surface area contributed by atoms with E-state index < -0.39 is 5.97 Å². The summed E-state index contributed by atoms with van der Waals surface area (Å²) >= 11 is 0. The van der Waals surface area contributed by atoms with E-state index in [1.165, 1.54) is 12.5 Å². The van der Waals surface area contributed by atoms with Crippen molar-refractivity contribution in [1.82, 2.24) is 9.55 Å². The maximum Gasteiger partial charge on any atom is 0.356 e. The first-order chi connectivity index (χ1) is 5.65. The number of aromatic carboxylic acids is 1. The Hall–Kier alpha value is -1.36. The number of aromatic nitrogens is 2. The van der Waals surface area contributed by atoms with Gasteiger partial charge in [0.25, 0.3) is 0 Å². The minimum atomic E-state index is -1.06. The smallest absolute Gasteiger partial charge is 0.356 e. The molecule has 12 heavy (non-hydrogen) atoms. The monoisotopic (exact) mass is 170 g/mol. The highest BCUT2D eigenvalue weighted by Gasteiger charge is 2.09. The summed E-state index contributed by atoms with van der Waals surface area (Å²) in [7, 11) is 0. The van der Waals surface area contributed by atoms with Crippen LogP contribution in [0.3, 0.4) is 0 Å². The third kappa shape index (κ3) is 1.62. The van der Waals surface area contributed by atoms with E-state index in [1.807, 2.05) is 0 Å². The lowest BCUT2D eigenvalue weighted by atomic mass is 10.3. The molecule has 1 aromatic rings. The van der Waals surface area contributed by atoms with Gasteiger partial charge in [-0.2, -0.15) is 0 Å². The van der Waals surface area contributed by atoms with Crippen LogP contribution in [0.25, 0.3) is 0 Å². The average Bonchev–Trinajstić information content (AvgIpc) is 2.51. The fourth-order valence-corrected chi connectivity index (χ4v) is 0.783. The highest BCUT2D eigenvalue weighted by atomic mass is 16.4. The molecule has 5 nitrogen and oxygen atoms in total. The molecular formula is C7H10N2O3.